The highest BCUT2D eigenvalue weighted by molar-refractivity contribution is 5.90. The van der Waals surface area contributed by atoms with E-state index in [-0.39, 0.29) is 5.97 Å². The minimum Gasteiger partial charge on any atom is -0.462 e. The summed E-state index contributed by atoms with van der Waals surface area (Å²) in [6, 6.07) is 5.54. The summed E-state index contributed by atoms with van der Waals surface area (Å²) in [5.41, 5.74) is 0.663. The van der Waals surface area contributed by atoms with Crippen molar-refractivity contribution in [1.82, 2.24) is 4.98 Å². The van der Waals surface area contributed by atoms with Crippen LogP contribution in [0.15, 0.2) is 36.2 Å². The van der Waals surface area contributed by atoms with Gasteiger partial charge in [-0.25, -0.2) is 9.78 Å². The molecule has 14 heavy (non-hydrogen) atoms. The molecular formula is C10H10N2O2. The first-order valence-corrected chi connectivity index (χ1v) is 4.40. The first-order chi connectivity index (χ1) is 6.86. The largest absolute Gasteiger partial charge is 0.462 e. The standard InChI is InChI=1S/C10H10N2O2/c13-10-8(4-6-14-10)7-12-9-3-1-2-5-11-9/h1-3,5,7H,4,6H2,(H,11,12)/b8-7-. The van der Waals surface area contributed by atoms with E-state index in [1.54, 1.807) is 12.4 Å². The van der Waals surface area contributed by atoms with Crippen molar-refractivity contribution in [3.8, 4) is 0 Å². The summed E-state index contributed by atoms with van der Waals surface area (Å²) < 4.78 is 4.79. The lowest BCUT2D eigenvalue weighted by Gasteiger charge is -1.98. The summed E-state index contributed by atoms with van der Waals surface area (Å²) in [7, 11) is 0. The second kappa shape index (κ2) is 3.91. The summed E-state index contributed by atoms with van der Waals surface area (Å²) in [5, 5.41) is 2.94. The molecule has 0 atom stereocenters. The van der Waals surface area contributed by atoms with Crippen molar-refractivity contribution in [2.24, 2.45) is 0 Å². The number of esters is 1. The molecule has 2 heterocycles. The zero-order valence-electron chi connectivity index (χ0n) is 7.56. The molecule has 1 saturated heterocycles. The van der Waals surface area contributed by atoms with Crippen LogP contribution in [0.2, 0.25) is 0 Å². The number of hydrogen-bond acceptors (Lipinski definition) is 4. The molecule has 0 amide bonds. The van der Waals surface area contributed by atoms with Crippen LogP contribution in [0.1, 0.15) is 6.42 Å². The van der Waals surface area contributed by atoms with Gasteiger partial charge in [0.1, 0.15) is 5.82 Å². The molecule has 0 aromatic carbocycles. The SMILES string of the molecule is O=C1OCC/C1=C/Nc1ccccn1. The van der Waals surface area contributed by atoms with Crippen LogP contribution in [-0.2, 0) is 9.53 Å². The maximum Gasteiger partial charge on any atom is 0.335 e. The fourth-order valence-electron chi connectivity index (χ4n) is 1.19. The average Bonchev–Trinajstić information content (AvgIpc) is 2.63. The van der Waals surface area contributed by atoms with E-state index in [1.807, 2.05) is 18.2 Å². The quantitative estimate of drug-likeness (QED) is 0.564. The van der Waals surface area contributed by atoms with Crippen LogP contribution in [0, 0.1) is 0 Å². The number of cyclic esters (lactones) is 1. The Kier molecular flexibility index (Phi) is 2.44. The van der Waals surface area contributed by atoms with E-state index in [9.17, 15) is 4.79 Å². The van der Waals surface area contributed by atoms with Gasteiger partial charge in [0.05, 0.1) is 12.2 Å². The van der Waals surface area contributed by atoms with Gasteiger partial charge in [-0.2, -0.15) is 0 Å². The number of pyridine rings is 1. The zero-order valence-corrected chi connectivity index (χ0v) is 7.56. The smallest absolute Gasteiger partial charge is 0.335 e. The van der Waals surface area contributed by atoms with Crippen molar-refractivity contribution in [1.29, 1.82) is 0 Å². The van der Waals surface area contributed by atoms with Gasteiger partial charge in [0.2, 0.25) is 0 Å². The Morgan fingerprint density at radius 1 is 1.50 bits per heavy atom. The van der Waals surface area contributed by atoms with Crippen LogP contribution in [0.3, 0.4) is 0 Å². The highest BCUT2D eigenvalue weighted by Gasteiger charge is 2.17. The van der Waals surface area contributed by atoms with Gasteiger partial charge in [0.25, 0.3) is 0 Å². The van der Waals surface area contributed by atoms with Gasteiger partial charge in [-0.1, -0.05) is 6.07 Å². The Hall–Kier alpha value is -1.84. The normalized spacial score (nSPS) is 18.3. The fourth-order valence-corrected chi connectivity index (χ4v) is 1.19. The van der Waals surface area contributed by atoms with E-state index in [0.717, 1.165) is 5.82 Å². The lowest BCUT2D eigenvalue weighted by Crippen LogP contribution is -1.98. The molecule has 0 radical (unpaired) electrons. The summed E-state index contributed by atoms with van der Waals surface area (Å²) in [5.74, 6) is 0.480. The van der Waals surface area contributed by atoms with Gasteiger partial charge in [0, 0.05) is 18.8 Å². The Morgan fingerprint density at radius 2 is 2.43 bits per heavy atom. The van der Waals surface area contributed by atoms with Crippen molar-refractivity contribution in [2.75, 3.05) is 11.9 Å². The number of nitrogens with zero attached hydrogens (tertiary/aromatic N) is 1. The number of carbonyl (C=O) groups excluding carboxylic acids is 1. The third-order valence-electron chi connectivity index (χ3n) is 1.93. The van der Waals surface area contributed by atoms with Crippen LogP contribution in [-0.4, -0.2) is 17.6 Å². The van der Waals surface area contributed by atoms with Gasteiger partial charge < -0.3 is 10.1 Å². The molecule has 0 spiro atoms. The van der Waals surface area contributed by atoms with Crippen LogP contribution in [0.5, 0.6) is 0 Å². The molecule has 1 aliphatic rings. The number of nitrogens with one attached hydrogen (secondary N) is 1. The van der Waals surface area contributed by atoms with E-state index in [4.69, 9.17) is 4.74 Å². The Morgan fingerprint density at radius 3 is 3.07 bits per heavy atom. The van der Waals surface area contributed by atoms with Crippen molar-refractivity contribution in [3.63, 3.8) is 0 Å². The maximum atomic E-state index is 11.0. The highest BCUT2D eigenvalue weighted by atomic mass is 16.5. The van der Waals surface area contributed by atoms with Crippen molar-refractivity contribution in [3.05, 3.63) is 36.2 Å². The molecule has 4 heteroatoms. The lowest BCUT2D eigenvalue weighted by molar-refractivity contribution is -0.135. The first-order valence-electron chi connectivity index (χ1n) is 4.40. The Balaban J connectivity index is 2.03. The van der Waals surface area contributed by atoms with Crippen molar-refractivity contribution in [2.45, 2.75) is 6.42 Å². The number of anilines is 1. The minimum absolute atomic E-state index is 0.242. The summed E-state index contributed by atoms with van der Waals surface area (Å²) in [6.07, 6.45) is 4.00. The Labute approximate surface area is 81.6 Å². The first kappa shape index (κ1) is 8.74. The molecule has 2 rings (SSSR count). The molecule has 1 aromatic rings. The van der Waals surface area contributed by atoms with Gasteiger partial charge in [-0.3, -0.25) is 0 Å². The lowest BCUT2D eigenvalue weighted by atomic mass is 10.2. The second-order valence-corrected chi connectivity index (χ2v) is 2.91. The van der Waals surface area contributed by atoms with E-state index in [1.165, 1.54) is 0 Å². The predicted octanol–water partition coefficient (Wildman–Crippen LogP) is 1.32. The minimum atomic E-state index is -0.242. The van der Waals surface area contributed by atoms with Crippen LogP contribution < -0.4 is 5.32 Å². The topological polar surface area (TPSA) is 51.2 Å². The molecule has 1 aromatic heterocycles. The molecule has 0 aliphatic carbocycles. The second-order valence-electron chi connectivity index (χ2n) is 2.91. The van der Waals surface area contributed by atoms with E-state index < -0.39 is 0 Å². The zero-order chi connectivity index (χ0) is 9.80. The number of aromatic nitrogens is 1. The maximum absolute atomic E-state index is 11.0. The molecule has 4 nitrogen and oxygen atoms in total. The Bertz CT molecular complexity index is 360. The third-order valence-corrected chi connectivity index (χ3v) is 1.93. The van der Waals surface area contributed by atoms with Crippen LogP contribution in [0.4, 0.5) is 5.82 Å². The number of carbonyl (C=O) groups is 1. The summed E-state index contributed by atoms with van der Waals surface area (Å²) in [4.78, 5) is 15.1. The molecule has 1 fully saturated rings. The number of rotatable bonds is 2. The summed E-state index contributed by atoms with van der Waals surface area (Å²) in [6.45, 7) is 0.481. The molecule has 1 N–H and O–H groups in total. The highest BCUT2D eigenvalue weighted by Crippen LogP contribution is 2.13. The van der Waals surface area contributed by atoms with Crippen LogP contribution >= 0.6 is 0 Å². The van der Waals surface area contributed by atoms with Gasteiger partial charge in [0.15, 0.2) is 0 Å². The molecule has 72 valence electrons. The van der Waals surface area contributed by atoms with Gasteiger partial charge >= 0.3 is 5.97 Å². The fraction of sp³-hybridized carbons (Fsp3) is 0.200. The monoisotopic (exact) mass is 190 g/mol. The molecule has 0 unspecified atom stereocenters. The molecule has 1 aliphatic heterocycles. The third kappa shape index (κ3) is 1.90. The van der Waals surface area contributed by atoms with Gasteiger partial charge in [-0.05, 0) is 12.1 Å². The van der Waals surface area contributed by atoms with E-state index in [2.05, 4.69) is 10.3 Å². The van der Waals surface area contributed by atoms with Crippen molar-refractivity contribution < 1.29 is 9.53 Å². The van der Waals surface area contributed by atoms with Crippen LogP contribution in [0.25, 0.3) is 0 Å². The molecule has 0 saturated carbocycles. The predicted molar refractivity (Wildman–Crippen MR) is 51.5 cm³/mol. The molecule has 0 bridgehead atoms. The van der Waals surface area contributed by atoms with E-state index in [0.29, 0.717) is 18.6 Å². The summed E-state index contributed by atoms with van der Waals surface area (Å²) >= 11 is 0. The van der Waals surface area contributed by atoms with Crippen molar-refractivity contribution >= 4 is 11.8 Å². The number of ether oxygens (including phenoxy) is 1. The van der Waals surface area contributed by atoms with E-state index >= 15 is 0 Å². The number of hydrogen-bond donors (Lipinski definition) is 1. The molecular weight excluding hydrogens is 180 g/mol. The van der Waals surface area contributed by atoms with Gasteiger partial charge in [-0.15, -0.1) is 0 Å². The average molecular weight is 190 g/mol.